The number of amides is 1. The first-order chi connectivity index (χ1) is 15.6. The summed E-state index contributed by atoms with van der Waals surface area (Å²) < 4.78 is 24.7. The second-order valence-electron chi connectivity index (χ2n) is 7.80. The van der Waals surface area contributed by atoms with E-state index in [0.717, 1.165) is 12.8 Å². The molecule has 1 amide bonds. The summed E-state index contributed by atoms with van der Waals surface area (Å²) in [5.41, 5.74) is -1.33. The Labute approximate surface area is 185 Å². The van der Waals surface area contributed by atoms with Crippen LogP contribution in [0.1, 0.15) is 36.4 Å². The molecule has 0 saturated carbocycles. The molecule has 0 radical (unpaired) electrons. The van der Waals surface area contributed by atoms with Crippen molar-refractivity contribution in [1.82, 2.24) is 9.55 Å². The van der Waals surface area contributed by atoms with Gasteiger partial charge in [-0.25, -0.2) is 4.79 Å². The van der Waals surface area contributed by atoms with Crippen molar-refractivity contribution in [3.8, 4) is 0 Å². The van der Waals surface area contributed by atoms with Crippen LogP contribution in [-0.2, 0) is 18.9 Å². The number of anilines is 1. The summed E-state index contributed by atoms with van der Waals surface area (Å²) in [5, 5.41) is 12.7. The standard InChI is InChI=1S/C22H27N3O7/c1-2-3-11-30-18-17-20(32-22(18,12-26)13-29-14-31-17)25-10-9-16(24-21(25)28)23-19(27)15-7-5-4-6-8-15/h4-10,17-18,20,26H,2-3,11-14H2,1H3,(H,23,24,27,28)/t17?,18?,20-,22+/m1/s1. The molecular weight excluding hydrogens is 418 g/mol. The molecule has 0 spiro atoms. The van der Waals surface area contributed by atoms with Crippen LogP contribution in [0.4, 0.5) is 5.82 Å². The van der Waals surface area contributed by atoms with E-state index in [1.807, 2.05) is 6.07 Å². The van der Waals surface area contributed by atoms with Crippen molar-refractivity contribution in [1.29, 1.82) is 0 Å². The first-order valence-electron chi connectivity index (χ1n) is 10.6. The predicted octanol–water partition coefficient (Wildman–Crippen LogP) is 1.31. The number of nitrogens with zero attached hydrogens (tertiary/aromatic N) is 2. The second-order valence-corrected chi connectivity index (χ2v) is 7.80. The van der Waals surface area contributed by atoms with Crippen LogP contribution >= 0.6 is 0 Å². The van der Waals surface area contributed by atoms with Crippen molar-refractivity contribution in [3.05, 3.63) is 58.6 Å². The highest BCUT2D eigenvalue weighted by Crippen LogP contribution is 2.42. The van der Waals surface area contributed by atoms with Crippen LogP contribution in [-0.4, -0.2) is 65.0 Å². The average Bonchev–Trinajstić information content (AvgIpc) is 2.98. The first-order valence-corrected chi connectivity index (χ1v) is 10.6. The molecule has 2 saturated heterocycles. The molecular formula is C22H27N3O7. The maximum absolute atomic E-state index is 12.8. The molecule has 4 atom stereocenters. The molecule has 2 N–H and O–H groups in total. The summed E-state index contributed by atoms with van der Waals surface area (Å²) in [4.78, 5) is 29.1. The fraction of sp³-hybridized carbons (Fsp3) is 0.500. The Hall–Kier alpha value is -2.63. The molecule has 2 fully saturated rings. The number of nitrogens with one attached hydrogen (secondary N) is 1. The van der Waals surface area contributed by atoms with Gasteiger partial charge in [0.1, 0.15) is 30.4 Å². The van der Waals surface area contributed by atoms with E-state index in [1.165, 1.54) is 16.8 Å². The number of aliphatic hydroxyl groups is 1. The van der Waals surface area contributed by atoms with Crippen molar-refractivity contribution in [2.75, 3.05) is 31.9 Å². The molecule has 10 heteroatoms. The van der Waals surface area contributed by atoms with Crippen molar-refractivity contribution in [2.24, 2.45) is 0 Å². The summed E-state index contributed by atoms with van der Waals surface area (Å²) >= 11 is 0. The van der Waals surface area contributed by atoms with Crippen molar-refractivity contribution < 1.29 is 28.8 Å². The van der Waals surface area contributed by atoms with Crippen LogP contribution < -0.4 is 11.0 Å². The van der Waals surface area contributed by atoms with E-state index in [1.54, 1.807) is 24.3 Å². The van der Waals surface area contributed by atoms with Gasteiger partial charge in [-0.3, -0.25) is 9.36 Å². The van der Waals surface area contributed by atoms with Gasteiger partial charge in [0.2, 0.25) is 0 Å². The van der Waals surface area contributed by atoms with Gasteiger partial charge in [0.25, 0.3) is 5.91 Å². The number of benzene rings is 1. The Morgan fingerprint density at radius 2 is 2.16 bits per heavy atom. The van der Waals surface area contributed by atoms with Crippen LogP contribution in [0.3, 0.4) is 0 Å². The highest BCUT2D eigenvalue weighted by molar-refractivity contribution is 6.03. The minimum atomic E-state index is -1.15. The first kappa shape index (κ1) is 22.6. The smallest absolute Gasteiger partial charge is 0.351 e. The van der Waals surface area contributed by atoms with Gasteiger partial charge in [-0.2, -0.15) is 4.98 Å². The monoisotopic (exact) mass is 445 g/mol. The van der Waals surface area contributed by atoms with Gasteiger partial charge in [0.05, 0.1) is 13.2 Å². The fourth-order valence-corrected chi connectivity index (χ4v) is 3.89. The lowest BCUT2D eigenvalue weighted by molar-refractivity contribution is -0.200. The third kappa shape index (κ3) is 4.45. The van der Waals surface area contributed by atoms with Crippen LogP contribution in [0.5, 0.6) is 0 Å². The van der Waals surface area contributed by atoms with Crippen molar-refractivity contribution in [3.63, 3.8) is 0 Å². The van der Waals surface area contributed by atoms with Crippen LogP contribution in [0, 0.1) is 0 Å². The number of fused-ring (bicyclic) bond motifs is 2. The summed E-state index contributed by atoms with van der Waals surface area (Å²) in [6.45, 7) is 2.23. The van der Waals surface area contributed by atoms with E-state index in [-0.39, 0.29) is 31.7 Å². The highest BCUT2D eigenvalue weighted by atomic mass is 16.7. The summed E-state index contributed by atoms with van der Waals surface area (Å²) in [6.07, 6.45) is 1.12. The number of aromatic nitrogens is 2. The van der Waals surface area contributed by atoms with Crippen LogP contribution in [0.25, 0.3) is 0 Å². The largest absolute Gasteiger partial charge is 0.393 e. The number of carbonyl (C=O) groups is 1. The van der Waals surface area contributed by atoms with E-state index in [0.29, 0.717) is 12.2 Å². The topological polar surface area (TPSA) is 121 Å². The van der Waals surface area contributed by atoms with Gasteiger partial charge in [0, 0.05) is 18.4 Å². The molecule has 2 aromatic rings. The zero-order valence-corrected chi connectivity index (χ0v) is 17.8. The molecule has 2 bridgehead atoms. The number of aliphatic hydroxyl groups excluding tert-OH is 1. The summed E-state index contributed by atoms with van der Waals surface area (Å²) in [5.74, 6) is -0.251. The average molecular weight is 445 g/mol. The maximum atomic E-state index is 12.8. The lowest BCUT2D eigenvalue weighted by atomic mass is 9.96. The number of unbranched alkanes of at least 4 members (excludes halogenated alkanes) is 1. The van der Waals surface area contributed by atoms with E-state index in [9.17, 15) is 14.7 Å². The Kier molecular flexibility index (Phi) is 6.97. The van der Waals surface area contributed by atoms with E-state index < -0.39 is 29.7 Å². The zero-order valence-electron chi connectivity index (χ0n) is 17.8. The third-order valence-electron chi connectivity index (χ3n) is 5.59. The molecule has 1 aromatic heterocycles. The third-order valence-corrected chi connectivity index (χ3v) is 5.59. The number of rotatable bonds is 8. The van der Waals surface area contributed by atoms with E-state index in [4.69, 9.17) is 18.9 Å². The van der Waals surface area contributed by atoms with Gasteiger partial charge < -0.3 is 29.4 Å². The number of hydrogen-bond acceptors (Lipinski definition) is 8. The van der Waals surface area contributed by atoms with Gasteiger partial charge >= 0.3 is 5.69 Å². The van der Waals surface area contributed by atoms with Crippen molar-refractivity contribution in [2.45, 2.75) is 43.8 Å². The quantitative estimate of drug-likeness (QED) is 0.584. The van der Waals surface area contributed by atoms with Gasteiger partial charge in [-0.1, -0.05) is 31.5 Å². The summed E-state index contributed by atoms with van der Waals surface area (Å²) in [6, 6.07) is 10.1. The molecule has 1 aromatic carbocycles. The Balaban J connectivity index is 1.56. The molecule has 10 nitrogen and oxygen atoms in total. The van der Waals surface area contributed by atoms with Crippen molar-refractivity contribution >= 4 is 11.7 Å². The molecule has 2 aliphatic heterocycles. The number of hydrogen-bond donors (Lipinski definition) is 2. The van der Waals surface area contributed by atoms with Crippen LogP contribution in [0.15, 0.2) is 47.4 Å². The molecule has 172 valence electrons. The SMILES string of the molecule is CCCCOC1C2OCOC[C@]1(CO)O[C@H]2n1ccc(NC(=O)c2ccccc2)nc1=O. The molecule has 0 aliphatic carbocycles. The Morgan fingerprint density at radius 1 is 1.34 bits per heavy atom. The van der Waals surface area contributed by atoms with Crippen LogP contribution in [0.2, 0.25) is 0 Å². The Morgan fingerprint density at radius 3 is 2.88 bits per heavy atom. The minimum Gasteiger partial charge on any atom is -0.393 e. The normalized spacial score (nSPS) is 27.1. The zero-order chi connectivity index (χ0) is 22.6. The minimum absolute atomic E-state index is 0.00664. The highest BCUT2D eigenvalue weighted by Gasteiger charge is 2.59. The lowest BCUT2D eigenvalue weighted by Gasteiger charge is -2.30. The summed E-state index contributed by atoms with van der Waals surface area (Å²) in [7, 11) is 0. The molecule has 3 heterocycles. The molecule has 32 heavy (non-hydrogen) atoms. The maximum Gasteiger partial charge on any atom is 0.351 e. The van der Waals surface area contributed by atoms with E-state index >= 15 is 0 Å². The number of carbonyl (C=O) groups excluding carboxylic acids is 1. The molecule has 4 rings (SSSR count). The molecule has 2 unspecified atom stereocenters. The second kappa shape index (κ2) is 9.88. The van der Waals surface area contributed by atoms with Gasteiger partial charge in [-0.15, -0.1) is 0 Å². The molecule has 2 aliphatic rings. The lowest BCUT2D eigenvalue weighted by Crippen LogP contribution is -2.50. The Bertz CT molecular complexity index is 983. The van der Waals surface area contributed by atoms with E-state index in [2.05, 4.69) is 17.2 Å². The predicted molar refractivity (Wildman–Crippen MR) is 113 cm³/mol. The van der Waals surface area contributed by atoms with Gasteiger partial charge in [-0.05, 0) is 24.6 Å². The fourth-order valence-electron chi connectivity index (χ4n) is 3.89. The number of ether oxygens (including phenoxy) is 4. The van der Waals surface area contributed by atoms with Gasteiger partial charge in [0.15, 0.2) is 6.23 Å².